The van der Waals surface area contributed by atoms with Crippen molar-refractivity contribution in [3.05, 3.63) is 16.1 Å². The van der Waals surface area contributed by atoms with Gasteiger partial charge in [-0.15, -0.1) is 11.3 Å². The third kappa shape index (κ3) is 4.83. The number of aliphatic carboxylic acids is 1. The van der Waals surface area contributed by atoms with Crippen molar-refractivity contribution in [2.24, 2.45) is 11.8 Å². The minimum absolute atomic E-state index is 0.0392. The van der Waals surface area contributed by atoms with Crippen molar-refractivity contribution in [3.63, 3.8) is 0 Å². The number of carbonyl (C=O) groups is 2. The molecule has 1 aliphatic rings. The van der Waals surface area contributed by atoms with Crippen LogP contribution in [0, 0.1) is 11.8 Å². The molecule has 10 heteroatoms. The van der Waals surface area contributed by atoms with E-state index >= 15 is 0 Å². The molecule has 25 heavy (non-hydrogen) atoms. The SMILES string of the molecule is CCC(NC(=O)N1CC(C)CC(C(=O)O)C1)c1nc(C(F)(F)F)cs1. The highest BCUT2D eigenvalue weighted by atomic mass is 32.1. The number of carboxylic acids is 1. The molecule has 2 amide bonds. The Morgan fingerprint density at radius 2 is 2.16 bits per heavy atom. The second-order valence-electron chi connectivity index (χ2n) is 6.26. The van der Waals surface area contributed by atoms with Gasteiger partial charge in [0.2, 0.25) is 0 Å². The van der Waals surface area contributed by atoms with E-state index < -0.39 is 35.8 Å². The highest BCUT2D eigenvalue weighted by molar-refractivity contribution is 7.09. The van der Waals surface area contributed by atoms with Crippen LogP contribution in [0.15, 0.2) is 5.38 Å². The summed E-state index contributed by atoms with van der Waals surface area (Å²) in [4.78, 5) is 28.6. The highest BCUT2D eigenvalue weighted by Crippen LogP contribution is 2.32. The fraction of sp³-hybridized carbons (Fsp3) is 0.667. The number of carboxylic acid groups (broad SMARTS) is 1. The van der Waals surface area contributed by atoms with Gasteiger partial charge in [-0.25, -0.2) is 9.78 Å². The molecule has 2 heterocycles. The monoisotopic (exact) mass is 379 g/mol. The summed E-state index contributed by atoms with van der Waals surface area (Å²) in [5.41, 5.74) is -0.974. The van der Waals surface area contributed by atoms with Crippen molar-refractivity contribution in [2.75, 3.05) is 13.1 Å². The lowest BCUT2D eigenvalue weighted by molar-refractivity contribution is -0.144. The number of amides is 2. The van der Waals surface area contributed by atoms with Crippen molar-refractivity contribution in [3.8, 4) is 0 Å². The molecule has 1 aliphatic heterocycles. The number of aromatic nitrogens is 1. The molecule has 1 fully saturated rings. The Kier molecular flexibility index (Phi) is 5.91. The summed E-state index contributed by atoms with van der Waals surface area (Å²) in [7, 11) is 0. The number of piperidine rings is 1. The number of thiazole rings is 1. The molecule has 1 aromatic rings. The molecular formula is C15H20F3N3O3S. The lowest BCUT2D eigenvalue weighted by Gasteiger charge is -2.35. The number of alkyl halides is 3. The second kappa shape index (κ2) is 7.59. The predicted octanol–water partition coefficient (Wildman–Crippen LogP) is 3.37. The van der Waals surface area contributed by atoms with Crippen LogP contribution in [0.3, 0.4) is 0 Å². The molecule has 2 N–H and O–H groups in total. The van der Waals surface area contributed by atoms with Crippen LogP contribution in [0.5, 0.6) is 0 Å². The lowest BCUT2D eigenvalue weighted by atomic mass is 9.91. The third-order valence-electron chi connectivity index (χ3n) is 4.11. The zero-order valence-corrected chi connectivity index (χ0v) is 14.7. The molecule has 0 spiro atoms. The van der Waals surface area contributed by atoms with Crippen LogP contribution in [0.2, 0.25) is 0 Å². The Balaban J connectivity index is 2.06. The molecule has 0 radical (unpaired) electrons. The molecule has 1 saturated heterocycles. The number of hydrogen-bond donors (Lipinski definition) is 2. The van der Waals surface area contributed by atoms with Crippen molar-refractivity contribution in [2.45, 2.75) is 38.9 Å². The number of nitrogens with zero attached hydrogens (tertiary/aromatic N) is 2. The van der Waals surface area contributed by atoms with Crippen LogP contribution in [0.25, 0.3) is 0 Å². The number of halogens is 3. The first-order valence-electron chi connectivity index (χ1n) is 7.92. The zero-order chi connectivity index (χ0) is 18.8. The lowest BCUT2D eigenvalue weighted by Crippen LogP contribution is -2.50. The minimum atomic E-state index is -4.52. The number of nitrogens with one attached hydrogen (secondary N) is 1. The standard InChI is InChI=1S/C15H20F3N3O3S/c1-3-10(12-20-11(7-25-12)15(16,17)18)19-14(24)21-5-8(2)4-9(6-21)13(22)23/h7-10H,3-6H2,1-2H3,(H,19,24)(H,22,23). The van der Waals surface area contributed by atoms with Crippen molar-refractivity contribution >= 4 is 23.3 Å². The molecule has 3 unspecified atom stereocenters. The van der Waals surface area contributed by atoms with E-state index in [1.54, 1.807) is 6.92 Å². The van der Waals surface area contributed by atoms with Gasteiger partial charge in [-0.1, -0.05) is 13.8 Å². The maximum atomic E-state index is 12.7. The van der Waals surface area contributed by atoms with Gasteiger partial charge in [-0.2, -0.15) is 13.2 Å². The van der Waals surface area contributed by atoms with Gasteiger partial charge in [0.15, 0.2) is 5.69 Å². The fourth-order valence-electron chi connectivity index (χ4n) is 2.85. The summed E-state index contributed by atoms with van der Waals surface area (Å²) in [6.45, 7) is 4.10. The van der Waals surface area contributed by atoms with Crippen molar-refractivity contribution < 1.29 is 27.9 Å². The fourth-order valence-corrected chi connectivity index (χ4v) is 3.81. The summed E-state index contributed by atoms with van der Waals surface area (Å²) in [5, 5.41) is 12.9. The highest BCUT2D eigenvalue weighted by Gasteiger charge is 2.35. The van der Waals surface area contributed by atoms with Gasteiger partial charge in [0, 0.05) is 18.5 Å². The molecule has 0 saturated carbocycles. The van der Waals surface area contributed by atoms with Crippen LogP contribution >= 0.6 is 11.3 Å². The van der Waals surface area contributed by atoms with Crippen LogP contribution < -0.4 is 5.32 Å². The summed E-state index contributed by atoms with van der Waals surface area (Å²) in [6, 6.07) is -1.12. The zero-order valence-electron chi connectivity index (χ0n) is 13.8. The number of rotatable bonds is 4. The summed E-state index contributed by atoms with van der Waals surface area (Å²) in [6.07, 6.45) is -3.64. The molecular weight excluding hydrogens is 359 g/mol. The molecule has 0 aliphatic carbocycles. The van der Waals surface area contributed by atoms with E-state index in [1.165, 1.54) is 4.90 Å². The molecule has 0 aromatic carbocycles. The summed E-state index contributed by atoms with van der Waals surface area (Å²) >= 11 is 0.845. The van der Waals surface area contributed by atoms with Gasteiger partial charge < -0.3 is 15.3 Å². The second-order valence-corrected chi connectivity index (χ2v) is 7.15. The first-order chi connectivity index (χ1) is 11.6. The molecule has 2 rings (SSSR count). The van der Waals surface area contributed by atoms with Crippen molar-refractivity contribution in [1.82, 2.24) is 15.2 Å². The summed E-state index contributed by atoms with van der Waals surface area (Å²) in [5.74, 6) is -1.55. The Labute approximate surface area is 147 Å². The number of carbonyl (C=O) groups excluding carboxylic acids is 1. The van der Waals surface area contributed by atoms with E-state index in [4.69, 9.17) is 5.11 Å². The van der Waals surface area contributed by atoms with E-state index in [0.29, 0.717) is 19.4 Å². The van der Waals surface area contributed by atoms with Gasteiger partial charge in [-0.05, 0) is 18.8 Å². The van der Waals surface area contributed by atoms with E-state index in [1.807, 2.05) is 6.92 Å². The Hall–Kier alpha value is -1.84. The molecule has 6 nitrogen and oxygen atoms in total. The number of likely N-dealkylation sites (tertiary alicyclic amines) is 1. The van der Waals surface area contributed by atoms with Gasteiger partial charge >= 0.3 is 18.2 Å². The molecule has 1 aromatic heterocycles. The average Bonchev–Trinajstić information content (AvgIpc) is 3.01. The Morgan fingerprint density at radius 1 is 1.48 bits per heavy atom. The maximum absolute atomic E-state index is 12.7. The van der Waals surface area contributed by atoms with Crippen LogP contribution in [0.1, 0.15) is 43.4 Å². The van der Waals surface area contributed by atoms with E-state index in [9.17, 15) is 22.8 Å². The molecule has 140 valence electrons. The molecule has 3 atom stereocenters. The van der Waals surface area contributed by atoms with Crippen LogP contribution in [-0.4, -0.2) is 40.1 Å². The Bertz CT molecular complexity index is 635. The van der Waals surface area contributed by atoms with Crippen LogP contribution in [0.4, 0.5) is 18.0 Å². The van der Waals surface area contributed by atoms with Gasteiger partial charge in [0.1, 0.15) is 5.01 Å². The topological polar surface area (TPSA) is 82.5 Å². The average molecular weight is 379 g/mol. The van der Waals surface area contributed by atoms with E-state index in [2.05, 4.69) is 10.3 Å². The predicted molar refractivity (Wildman–Crippen MR) is 85.2 cm³/mol. The third-order valence-corrected chi connectivity index (χ3v) is 5.07. The van der Waals surface area contributed by atoms with E-state index in [-0.39, 0.29) is 17.5 Å². The first kappa shape index (κ1) is 19.5. The smallest absolute Gasteiger partial charge is 0.434 e. The van der Waals surface area contributed by atoms with Crippen molar-refractivity contribution in [1.29, 1.82) is 0 Å². The quantitative estimate of drug-likeness (QED) is 0.840. The number of urea groups is 1. The van der Waals surface area contributed by atoms with Gasteiger partial charge in [-0.3, -0.25) is 4.79 Å². The first-order valence-corrected chi connectivity index (χ1v) is 8.80. The van der Waals surface area contributed by atoms with E-state index in [0.717, 1.165) is 16.7 Å². The van der Waals surface area contributed by atoms with Gasteiger partial charge in [0.25, 0.3) is 0 Å². The summed E-state index contributed by atoms with van der Waals surface area (Å²) < 4.78 is 38.0. The maximum Gasteiger partial charge on any atom is 0.434 e. The molecule has 0 bridgehead atoms. The Morgan fingerprint density at radius 3 is 2.68 bits per heavy atom. The normalized spacial score (nSPS) is 22.5. The number of hydrogen-bond acceptors (Lipinski definition) is 4. The van der Waals surface area contributed by atoms with Crippen LogP contribution in [-0.2, 0) is 11.0 Å². The van der Waals surface area contributed by atoms with Gasteiger partial charge in [0.05, 0.1) is 12.0 Å². The minimum Gasteiger partial charge on any atom is -0.481 e. The largest absolute Gasteiger partial charge is 0.481 e.